The monoisotopic (exact) mass is 291 g/mol. The number of hydrogen-bond acceptors (Lipinski definition) is 5. The first-order chi connectivity index (χ1) is 8.88. The minimum absolute atomic E-state index is 0.141. The number of thioether (sulfide) groups is 2. The van der Waals surface area contributed by atoms with Crippen molar-refractivity contribution in [3.05, 3.63) is 48.8 Å². The number of nitrogens with zero attached hydrogens (tertiary/aromatic N) is 2. The number of thiocarbonyl (C=S) groups is 1. The van der Waals surface area contributed by atoms with Crippen molar-refractivity contribution in [2.24, 2.45) is 0 Å². The van der Waals surface area contributed by atoms with Crippen LogP contribution in [0, 0.1) is 0 Å². The average molecular weight is 291 g/mol. The zero-order valence-electron chi connectivity index (χ0n) is 9.52. The summed E-state index contributed by atoms with van der Waals surface area (Å²) in [6, 6.07) is 11.8. The van der Waals surface area contributed by atoms with Gasteiger partial charge in [0.25, 0.3) is 0 Å². The molecule has 0 N–H and O–H groups in total. The number of hydrogen-bond donors (Lipinski definition) is 0. The third kappa shape index (κ3) is 4.40. The molecule has 0 aromatic carbocycles. The average Bonchev–Trinajstić information content (AvgIpc) is 2.45. The van der Waals surface area contributed by atoms with Crippen LogP contribution in [0.15, 0.2) is 58.8 Å². The molecular formula is C13H11N2S3. The van der Waals surface area contributed by atoms with Gasteiger partial charge in [-0.25, -0.2) is 9.97 Å². The lowest BCUT2D eigenvalue weighted by atomic mass is 10.5. The van der Waals surface area contributed by atoms with Crippen molar-refractivity contribution in [1.82, 2.24) is 9.97 Å². The molecule has 2 aromatic heterocycles. The quantitative estimate of drug-likeness (QED) is 0.598. The summed E-state index contributed by atoms with van der Waals surface area (Å²) in [5.41, 5.74) is 0. The van der Waals surface area contributed by atoms with Gasteiger partial charge < -0.3 is 0 Å². The van der Waals surface area contributed by atoms with Gasteiger partial charge in [-0.1, -0.05) is 36.1 Å². The predicted octanol–water partition coefficient (Wildman–Crippen LogP) is 3.61. The van der Waals surface area contributed by atoms with E-state index in [1.807, 2.05) is 36.4 Å². The van der Waals surface area contributed by atoms with Gasteiger partial charge in [0.2, 0.25) is 0 Å². The molecular weight excluding hydrogens is 280 g/mol. The van der Waals surface area contributed by atoms with Crippen molar-refractivity contribution in [3.8, 4) is 0 Å². The van der Waals surface area contributed by atoms with E-state index in [1.165, 1.54) is 0 Å². The Morgan fingerprint density at radius 2 is 1.72 bits per heavy atom. The molecule has 1 radical (unpaired) electrons. The highest BCUT2D eigenvalue weighted by Gasteiger charge is 2.09. The first-order valence-electron chi connectivity index (χ1n) is 5.37. The van der Waals surface area contributed by atoms with Crippen LogP contribution in [0.25, 0.3) is 0 Å². The Hall–Kier alpha value is -0.910. The Balaban J connectivity index is 1.88. The van der Waals surface area contributed by atoms with E-state index in [9.17, 15) is 0 Å². The van der Waals surface area contributed by atoms with Crippen molar-refractivity contribution in [1.29, 1.82) is 0 Å². The fourth-order valence-corrected chi connectivity index (χ4v) is 3.39. The molecule has 2 aromatic rings. The standard InChI is InChI=1S/C13H11N2S3/c16-9-11(18-13-6-2-4-8-15-13)10-17-12-5-1-3-7-14-12/h1-8,11H,10H2. The summed E-state index contributed by atoms with van der Waals surface area (Å²) in [6.07, 6.45) is 3.58. The van der Waals surface area contributed by atoms with Crippen LogP contribution in [0.5, 0.6) is 0 Å². The Morgan fingerprint density at radius 1 is 1.06 bits per heavy atom. The van der Waals surface area contributed by atoms with Gasteiger partial charge in [0.05, 0.1) is 15.3 Å². The van der Waals surface area contributed by atoms with Gasteiger partial charge in [0, 0.05) is 23.5 Å². The van der Waals surface area contributed by atoms with Gasteiger partial charge in [-0.05, 0) is 24.3 Å². The molecule has 0 saturated carbocycles. The molecule has 0 amide bonds. The highest BCUT2D eigenvalue weighted by molar-refractivity contribution is 8.04. The number of rotatable bonds is 6. The van der Waals surface area contributed by atoms with E-state index in [-0.39, 0.29) is 5.25 Å². The van der Waals surface area contributed by atoms with E-state index in [4.69, 9.17) is 12.2 Å². The molecule has 1 atom stereocenters. The van der Waals surface area contributed by atoms with Gasteiger partial charge in [0.1, 0.15) is 0 Å². The molecule has 5 heteroatoms. The molecule has 0 aliphatic rings. The van der Waals surface area contributed by atoms with Gasteiger partial charge in [-0.15, -0.1) is 11.8 Å². The summed E-state index contributed by atoms with van der Waals surface area (Å²) in [5.74, 6) is 0.849. The highest BCUT2D eigenvalue weighted by Crippen LogP contribution is 2.25. The maximum absolute atomic E-state index is 4.96. The minimum atomic E-state index is 0.141. The molecule has 0 aliphatic heterocycles. The molecule has 18 heavy (non-hydrogen) atoms. The van der Waals surface area contributed by atoms with Crippen LogP contribution in [-0.4, -0.2) is 26.3 Å². The van der Waals surface area contributed by atoms with Gasteiger partial charge in [0.15, 0.2) is 0 Å². The lowest BCUT2D eigenvalue weighted by molar-refractivity contribution is 1.12. The second kappa shape index (κ2) is 7.51. The lowest BCUT2D eigenvalue weighted by Crippen LogP contribution is -2.06. The van der Waals surface area contributed by atoms with E-state index in [2.05, 4.69) is 15.3 Å². The van der Waals surface area contributed by atoms with Crippen LogP contribution in [0.4, 0.5) is 0 Å². The molecule has 2 nitrogen and oxygen atoms in total. The molecule has 0 saturated heterocycles. The molecule has 0 bridgehead atoms. The van der Waals surface area contributed by atoms with Crippen molar-refractivity contribution in [2.75, 3.05) is 5.75 Å². The molecule has 0 fully saturated rings. The summed E-state index contributed by atoms with van der Waals surface area (Å²) < 4.78 is 0. The van der Waals surface area contributed by atoms with Gasteiger partial charge in [-0.2, -0.15) is 0 Å². The summed E-state index contributed by atoms with van der Waals surface area (Å²) >= 11 is 8.27. The van der Waals surface area contributed by atoms with Crippen molar-refractivity contribution in [3.63, 3.8) is 0 Å². The zero-order valence-corrected chi connectivity index (χ0v) is 12.0. The maximum Gasteiger partial charge on any atom is 0.0966 e. The van der Waals surface area contributed by atoms with Gasteiger partial charge in [-0.3, -0.25) is 0 Å². The maximum atomic E-state index is 4.96. The molecule has 2 heterocycles. The molecule has 1 unspecified atom stereocenters. The normalized spacial score (nSPS) is 12.0. The Bertz CT molecular complexity index is 476. The molecule has 91 valence electrons. The van der Waals surface area contributed by atoms with Gasteiger partial charge >= 0.3 is 0 Å². The first-order valence-corrected chi connectivity index (χ1v) is 7.65. The highest BCUT2D eigenvalue weighted by atomic mass is 32.2. The molecule has 0 spiro atoms. The smallest absolute Gasteiger partial charge is 0.0966 e. The fraction of sp³-hybridized carbons (Fsp3) is 0.154. The summed E-state index contributed by atoms with van der Waals surface area (Å²) in [5, 5.41) is 5.00. The Kier molecular flexibility index (Phi) is 5.64. The van der Waals surface area contributed by atoms with Crippen LogP contribution in [-0.2, 0) is 0 Å². The van der Waals surface area contributed by atoms with E-state index < -0.39 is 0 Å². The van der Waals surface area contributed by atoms with Crippen molar-refractivity contribution >= 4 is 41.1 Å². The second-order valence-corrected chi connectivity index (χ2v) is 5.87. The largest absolute Gasteiger partial charge is 0.250 e. The summed E-state index contributed by atoms with van der Waals surface area (Å²) in [4.78, 5) is 8.54. The van der Waals surface area contributed by atoms with E-state index >= 15 is 0 Å². The molecule has 0 aliphatic carbocycles. The first kappa shape index (κ1) is 13.5. The zero-order chi connectivity index (χ0) is 12.6. The van der Waals surface area contributed by atoms with Crippen LogP contribution in [0.2, 0.25) is 0 Å². The predicted molar refractivity (Wildman–Crippen MR) is 81.4 cm³/mol. The van der Waals surface area contributed by atoms with Crippen molar-refractivity contribution < 1.29 is 0 Å². The Labute approximate surface area is 121 Å². The fourth-order valence-electron chi connectivity index (χ4n) is 1.25. The number of aromatic nitrogens is 2. The minimum Gasteiger partial charge on any atom is -0.250 e. The third-order valence-corrected chi connectivity index (χ3v) is 4.79. The van der Waals surface area contributed by atoms with E-state index in [0.29, 0.717) is 0 Å². The topological polar surface area (TPSA) is 25.8 Å². The van der Waals surface area contributed by atoms with E-state index in [1.54, 1.807) is 35.9 Å². The van der Waals surface area contributed by atoms with Crippen LogP contribution < -0.4 is 0 Å². The Morgan fingerprint density at radius 3 is 2.28 bits per heavy atom. The number of pyridine rings is 2. The van der Waals surface area contributed by atoms with E-state index in [0.717, 1.165) is 15.8 Å². The summed E-state index contributed by atoms with van der Waals surface area (Å²) in [6.45, 7) is 0. The second-order valence-electron chi connectivity index (χ2n) is 3.37. The SMILES string of the molecule is S=[C]C(CSc1ccccn1)Sc1ccccn1. The third-order valence-electron chi connectivity index (χ3n) is 2.05. The van der Waals surface area contributed by atoms with Crippen LogP contribution >= 0.6 is 35.7 Å². The van der Waals surface area contributed by atoms with Crippen molar-refractivity contribution in [2.45, 2.75) is 15.3 Å². The van der Waals surface area contributed by atoms with Crippen LogP contribution in [0.3, 0.4) is 0 Å². The molecule has 2 rings (SSSR count). The lowest BCUT2D eigenvalue weighted by Gasteiger charge is -2.09. The summed E-state index contributed by atoms with van der Waals surface area (Å²) in [7, 11) is 0. The van der Waals surface area contributed by atoms with Crippen LogP contribution in [0.1, 0.15) is 0 Å².